The van der Waals surface area contributed by atoms with Gasteiger partial charge in [-0.3, -0.25) is 0 Å². The van der Waals surface area contributed by atoms with Crippen molar-refractivity contribution in [3.8, 4) is 35.8 Å². The smallest absolute Gasteiger partial charge is 0.126 e. The van der Waals surface area contributed by atoms with E-state index < -0.39 is 16.6 Å². The number of nitrogens with two attached hydrogens (primary N) is 2. The molecule has 4 nitrogen and oxygen atoms in total. The Balaban J connectivity index is 1.91. The lowest BCUT2D eigenvalue weighted by molar-refractivity contribution is 0.122. The highest BCUT2D eigenvalue weighted by molar-refractivity contribution is 5.87. The minimum Gasteiger partial charge on any atom is -0.399 e. The van der Waals surface area contributed by atoms with E-state index in [4.69, 9.17) is 24.3 Å². The second-order valence-corrected chi connectivity index (χ2v) is 11.8. The van der Waals surface area contributed by atoms with Crippen molar-refractivity contribution in [2.45, 2.75) is 57.2 Å². The number of anilines is 2. The van der Waals surface area contributed by atoms with E-state index in [-0.39, 0.29) is 0 Å². The maximum atomic E-state index is 10.8. The van der Waals surface area contributed by atoms with Gasteiger partial charge in [-0.15, -0.1) is 12.8 Å². The first-order valence-corrected chi connectivity index (χ1v) is 13.7. The van der Waals surface area contributed by atoms with Gasteiger partial charge in [0, 0.05) is 24.2 Å². The maximum Gasteiger partial charge on any atom is 0.126 e. The Hall–Kier alpha value is -4.48. The molecule has 0 fully saturated rings. The number of fused-ring (bicyclic) bond motifs is 3. The molecule has 0 saturated heterocycles. The van der Waals surface area contributed by atoms with Crippen LogP contribution in [0.25, 0.3) is 11.1 Å². The van der Waals surface area contributed by atoms with E-state index in [0.717, 1.165) is 55.6 Å². The summed E-state index contributed by atoms with van der Waals surface area (Å²) in [7, 11) is 0. The van der Waals surface area contributed by atoms with Gasteiger partial charge in [0.15, 0.2) is 0 Å². The largest absolute Gasteiger partial charge is 0.399 e. The minimum atomic E-state index is -1.29. The third kappa shape index (κ3) is 4.76. The molecule has 1 aliphatic rings. The molecule has 0 heterocycles. The van der Waals surface area contributed by atoms with Crippen molar-refractivity contribution in [2.24, 2.45) is 0 Å². The van der Waals surface area contributed by atoms with E-state index in [9.17, 15) is 10.2 Å². The van der Waals surface area contributed by atoms with Gasteiger partial charge in [-0.05, 0) is 95.5 Å². The third-order valence-electron chi connectivity index (χ3n) is 8.39. The first-order chi connectivity index (χ1) is 19.3. The molecule has 4 heteroatoms. The molecule has 5 rings (SSSR count). The lowest BCUT2D eigenvalue weighted by atomic mass is 9.66. The van der Waals surface area contributed by atoms with Crippen LogP contribution in [0.3, 0.4) is 0 Å². The van der Waals surface area contributed by atoms with Crippen LogP contribution < -0.4 is 11.5 Å². The van der Waals surface area contributed by atoms with Crippen molar-refractivity contribution < 1.29 is 10.2 Å². The Kier molecular flexibility index (Phi) is 6.75. The molecule has 4 aromatic carbocycles. The number of hydrogen-bond acceptors (Lipinski definition) is 4. The van der Waals surface area contributed by atoms with Crippen LogP contribution in [-0.4, -0.2) is 21.4 Å². The highest BCUT2D eigenvalue weighted by Crippen LogP contribution is 2.57. The van der Waals surface area contributed by atoms with Crippen molar-refractivity contribution in [3.05, 3.63) is 117 Å². The fraction of sp³-hybridized carbons (Fsp3) is 0.243. The number of nitrogen functional groups attached to an aromatic ring is 2. The van der Waals surface area contributed by atoms with Crippen molar-refractivity contribution >= 4 is 11.4 Å². The molecule has 0 saturated carbocycles. The van der Waals surface area contributed by atoms with E-state index in [1.54, 1.807) is 13.8 Å². The van der Waals surface area contributed by atoms with Gasteiger partial charge in [-0.1, -0.05) is 72.5 Å². The zero-order valence-corrected chi connectivity index (χ0v) is 24.0. The Morgan fingerprint density at radius 2 is 1.05 bits per heavy atom. The lowest BCUT2D eigenvalue weighted by Gasteiger charge is -2.35. The molecule has 4 aromatic rings. The standard InChI is InChI=1S/C37H36N2O2/c1-7-35(5,40)21-25-9-13-29-30-14-10-26(22-36(6,41)8-2)20-32(30)37(31(29)19-25,27-11-15-33(38)23(3)17-27)28-12-16-34(39)24(4)18-28/h1-2,9-20,40-41H,21-22,38-39H2,3-6H3. The Labute approximate surface area is 243 Å². The molecule has 0 aliphatic heterocycles. The normalized spacial score (nSPS) is 16.0. The van der Waals surface area contributed by atoms with Gasteiger partial charge in [-0.25, -0.2) is 0 Å². The van der Waals surface area contributed by atoms with Crippen LogP contribution in [-0.2, 0) is 18.3 Å². The minimum absolute atomic E-state index is 0.307. The van der Waals surface area contributed by atoms with Gasteiger partial charge in [0.05, 0.1) is 5.41 Å². The molecule has 41 heavy (non-hydrogen) atoms. The molecule has 206 valence electrons. The Bertz CT molecular complexity index is 1630. The van der Waals surface area contributed by atoms with Crippen LogP contribution in [0.2, 0.25) is 0 Å². The van der Waals surface area contributed by atoms with Crippen molar-refractivity contribution in [3.63, 3.8) is 0 Å². The molecule has 2 unspecified atom stereocenters. The fourth-order valence-corrected chi connectivity index (χ4v) is 6.14. The number of terminal acetylenes is 2. The molecular weight excluding hydrogens is 504 g/mol. The van der Waals surface area contributed by atoms with Gasteiger partial charge in [0.2, 0.25) is 0 Å². The van der Waals surface area contributed by atoms with Crippen molar-refractivity contribution in [2.75, 3.05) is 11.5 Å². The summed E-state index contributed by atoms with van der Waals surface area (Å²) in [5.41, 5.74) is 21.0. The summed E-state index contributed by atoms with van der Waals surface area (Å²) in [6.45, 7) is 7.33. The van der Waals surface area contributed by atoms with Gasteiger partial charge in [0.1, 0.15) is 11.2 Å². The second-order valence-electron chi connectivity index (χ2n) is 11.8. The van der Waals surface area contributed by atoms with Gasteiger partial charge < -0.3 is 21.7 Å². The first kappa shape index (κ1) is 28.1. The zero-order chi connectivity index (χ0) is 29.7. The molecule has 0 spiro atoms. The van der Waals surface area contributed by atoms with Crippen molar-refractivity contribution in [1.29, 1.82) is 0 Å². The number of aliphatic hydroxyl groups is 2. The SMILES string of the molecule is C#CC(C)(O)Cc1ccc2c(c1)C(c1ccc(N)c(C)c1)(c1ccc(N)c(C)c1)c1cc(CC(C)(O)C#C)ccc1-2. The first-order valence-electron chi connectivity index (χ1n) is 13.7. The number of benzene rings is 4. The number of hydrogen-bond donors (Lipinski definition) is 4. The Morgan fingerprint density at radius 1 is 0.659 bits per heavy atom. The van der Waals surface area contributed by atoms with Crippen LogP contribution >= 0.6 is 0 Å². The summed E-state index contributed by atoms with van der Waals surface area (Å²) in [6, 6.07) is 25.0. The van der Waals surface area contributed by atoms with Crippen LogP contribution in [0.5, 0.6) is 0 Å². The molecule has 0 aromatic heterocycles. The van der Waals surface area contributed by atoms with Crippen molar-refractivity contribution in [1.82, 2.24) is 0 Å². The second kappa shape index (κ2) is 9.86. The van der Waals surface area contributed by atoms with E-state index in [2.05, 4.69) is 60.4 Å². The summed E-state index contributed by atoms with van der Waals surface area (Å²) in [4.78, 5) is 0. The predicted octanol–water partition coefficient (Wildman–Crippen LogP) is 5.68. The summed E-state index contributed by atoms with van der Waals surface area (Å²) in [5.74, 6) is 5.02. The molecule has 0 bridgehead atoms. The zero-order valence-electron chi connectivity index (χ0n) is 24.0. The molecule has 2 atom stereocenters. The summed E-state index contributed by atoms with van der Waals surface area (Å²) >= 11 is 0. The van der Waals surface area contributed by atoms with E-state index in [0.29, 0.717) is 24.2 Å². The average molecular weight is 541 g/mol. The van der Waals surface area contributed by atoms with Crippen LogP contribution in [0.15, 0.2) is 72.8 Å². The third-order valence-corrected chi connectivity index (χ3v) is 8.39. The van der Waals surface area contributed by atoms with E-state index in [1.165, 1.54) is 0 Å². The average Bonchev–Trinajstić information content (AvgIpc) is 3.21. The fourth-order valence-electron chi connectivity index (χ4n) is 6.14. The quantitative estimate of drug-likeness (QED) is 0.165. The van der Waals surface area contributed by atoms with Gasteiger partial charge in [-0.2, -0.15) is 0 Å². The lowest BCUT2D eigenvalue weighted by Crippen LogP contribution is -2.30. The van der Waals surface area contributed by atoms with Gasteiger partial charge in [0.25, 0.3) is 0 Å². The summed E-state index contributed by atoms with van der Waals surface area (Å²) in [5, 5.41) is 21.5. The maximum absolute atomic E-state index is 10.8. The molecular formula is C37H36N2O2. The topological polar surface area (TPSA) is 92.5 Å². The summed E-state index contributed by atoms with van der Waals surface area (Å²) in [6.07, 6.45) is 11.9. The van der Waals surface area contributed by atoms with Gasteiger partial charge >= 0.3 is 0 Å². The van der Waals surface area contributed by atoms with E-state index in [1.807, 2.05) is 38.1 Å². The van der Waals surface area contributed by atoms with E-state index >= 15 is 0 Å². The summed E-state index contributed by atoms with van der Waals surface area (Å²) < 4.78 is 0. The molecule has 1 aliphatic carbocycles. The highest BCUT2D eigenvalue weighted by Gasteiger charge is 2.47. The predicted molar refractivity (Wildman–Crippen MR) is 168 cm³/mol. The number of rotatable bonds is 6. The number of aryl methyl sites for hydroxylation is 2. The molecule has 0 amide bonds. The van der Waals surface area contributed by atoms with Crippen LogP contribution in [0.4, 0.5) is 11.4 Å². The Morgan fingerprint density at radius 3 is 1.39 bits per heavy atom. The highest BCUT2D eigenvalue weighted by atomic mass is 16.3. The molecule has 0 radical (unpaired) electrons. The molecule has 6 N–H and O–H groups in total. The monoisotopic (exact) mass is 540 g/mol. The van der Waals surface area contributed by atoms with Crippen LogP contribution in [0, 0.1) is 38.5 Å². The van der Waals surface area contributed by atoms with Crippen LogP contribution in [0.1, 0.15) is 58.4 Å².